The van der Waals surface area contributed by atoms with Crippen molar-refractivity contribution in [2.75, 3.05) is 17.6 Å². The standard InChI is InChI=1S/C12H16BrNS/c1-8-6-10-9(2)15-5-3-4-14-12(10)11(13)7-8/h6-7,9,14H,3-5H2,1-2H3. The van der Waals surface area contributed by atoms with E-state index in [0.717, 1.165) is 6.54 Å². The molecule has 1 N–H and O–H groups in total. The van der Waals surface area contributed by atoms with Gasteiger partial charge < -0.3 is 5.32 Å². The summed E-state index contributed by atoms with van der Waals surface area (Å²) in [7, 11) is 0. The van der Waals surface area contributed by atoms with E-state index in [4.69, 9.17) is 0 Å². The molecule has 0 bridgehead atoms. The van der Waals surface area contributed by atoms with Crippen LogP contribution in [-0.2, 0) is 0 Å². The van der Waals surface area contributed by atoms with Gasteiger partial charge in [-0.25, -0.2) is 0 Å². The number of thioether (sulfide) groups is 1. The molecule has 0 saturated carbocycles. The Morgan fingerprint density at radius 1 is 1.47 bits per heavy atom. The van der Waals surface area contributed by atoms with Gasteiger partial charge in [-0.2, -0.15) is 11.8 Å². The molecule has 1 aromatic rings. The number of hydrogen-bond donors (Lipinski definition) is 1. The Labute approximate surface area is 104 Å². The molecule has 15 heavy (non-hydrogen) atoms. The first-order chi connectivity index (χ1) is 7.18. The van der Waals surface area contributed by atoms with Crippen molar-refractivity contribution < 1.29 is 0 Å². The molecule has 0 spiro atoms. The van der Waals surface area contributed by atoms with Crippen LogP contribution in [0, 0.1) is 6.92 Å². The van der Waals surface area contributed by atoms with Gasteiger partial charge >= 0.3 is 0 Å². The van der Waals surface area contributed by atoms with E-state index in [1.807, 2.05) is 0 Å². The summed E-state index contributed by atoms with van der Waals surface area (Å²) in [5, 5.41) is 4.12. The predicted molar refractivity (Wildman–Crippen MR) is 72.9 cm³/mol. The van der Waals surface area contributed by atoms with E-state index < -0.39 is 0 Å². The van der Waals surface area contributed by atoms with E-state index in [0.29, 0.717) is 5.25 Å². The van der Waals surface area contributed by atoms with Crippen LogP contribution < -0.4 is 5.32 Å². The summed E-state index contributed by atoms with van der Waals surface area (Å²) in [6.45, 7) is 5.53. The minimum Gasteiger partial charge on any atom is -0.384 e. The lowest BCUT2D eigenvalue weighted by Gasteiger charge is -2.22. The average Bonchev–Trinajstić information content (AvgIpc) is 2.16. The smallest absolute Gasteiger partial charge is 0.0528 e. The van der Waals surface area contributed by atoms with E-state index in [1.165, 1.54) is 33.5 Å². The van der Waals surface area contributed by atoms with Crippen LogP contribution in [0.15, 0.2) is 16.6 Å². The highest BCUT2D eigenvalue weighted by Gasteiger charge is 2.16. The van der Waals surface area contributed by atoms with Gasteiger partial charge in [-0.15, -0.1) is 0 Å². The SMILES string of the molecule is Cc1cc(Br)c2c(c1)C(C)SCCCN2. The first-order valence-corrected chi connectivity index (χ1v) is 7.18. The Morgan fingerprint density at radius 3 is 3.07 bits per heavy atom. The molecule has 0 fully saturated rings. The van der Waals surface area contributed by atoms with Gasteiger partial charge in [0.1, 0.15) is 0 Å². The molecule has 1 aromatic carbocycles. The molecule has 0 aromatic heterocycles. The lowest BCUT2D eigenvalue weighted by molar-refractivity contribution is 0.953. The van der Waals surface area contributed by atoms with Gasteiger partial charge in [0, 0.05) is 16.3 Å². The third-order valence-electron chi connectivity index (χ3n) is 2.69. The number of halogens is 1. The Morgan fingerprint density at radius 2 is 2.27 bits per heavy atom. The Balaban J connectivity index is 2.46. The highest BCUT2D eigenvalue weighted by atomic mass is 79.9. The molecule has 0 radical (unpaired) electrons. The maximum atomic E-state index is 3.65. The molecule has 1 heterocycles. The quantitative estimate of drug-likeness (QED) is 0.760. The first-order valence-electron chi connectivity index (χ1n) is 5.34. The van der Waals surface area contributed by atoms with Crippen molar-refractivity contribution in [3.8, 4) is 0 Å². The van der Waals surface area contributed by atoms with Crippen molar-refractivity contribution in [3.05, 3.63) is 27.7 Å². The minimum absolute atomic E-state index is 0.587. The summed E-state index contributed by atoms with van der Waals surface area (Å²) in [5.74, 6) is 1.25. The normalized spacial score (nSPS) is 21.1. The van der Waals surface area contributed by atoms with Crippen LogP contribution in [0.2, 0.25) is 0 Å². The van der Waals surface area contributed by atoms with Gasteiger partial charge in [0.15, 0.2) is 0 Å². The summed E-state index contributed by atoms with van der Waals surface area (Å²) in [5.41, 5.74) is 4.06. The van der Waals surface area contributed by atoms with E-state index >= 15 is 0 Å². The molecular weight excluding hydrogens is 270 g/mol. The van der Waals surface area contributed by atoms with E-state index in [-0.39, 0.29) is 0 Å². The van der Waals surface area contributed by atoms with Crippen LogP contribution in [0.25, 0.3) is 0 Å². The first kappa shape index (κ1) is 11.3. The van der Waals surface area contributed by atoms with Crippen molar-refractivity contribution >= 4 is 33.4 Å². The number of aryl methyl sites for hydroxylation is 1. The Bertz CT molecular complexity index is 365. The Hall–Kier alpha value is -0.150. The fourth-order valence-corrected chi connectivity index (χ4v) is 3.67. The number of anilines is 1. The Kier molecular flexibility index (Phi) is 3.62. The second-order valence-electron chi connectivity index (χ2n) is 4.00. The molecule has 1 unspecified atom stereocenters. The van der Waals surface area contributed by atoms with Crippen LogP contribution in [-0.4, -0.2) is 12.3 Å². The average molecular weight is 286 g/mol. The predicted octanol–water partition coefficient (Wildman–Crippen LogP) is 4.37. The van der Waals surface area contributed by atoms with E-state index in [9.17, 15) is 0 Å². The van der Waals surface area contributed by atoms with Crippen molar-refractivity contribution in [2.24, 2.45) is 0 Å². The summed E-state index contributed by atoms with van der Waals surface area (Å²) < 4.78 is 1.20. The van der Waals surface area contributed by atoms with Gasteiger partial charge in [0.05, 0.1) is 5.69 Å². The van der Waals surface area contributed by atoms with Crippen LogP contribution in [0.4, 0.5) is 5.69 Å². The second kappa shape index (κ2) is 4.79. The van der Waals surface area contributed by atoms with E-state index in [1.54, 1.807) is 0 Å². The molecule has 1 nitrogen and oxygen atoms in total. The van der Waals surface area contributed by atoms with Crippen molar-refractivity contribution in [1.82, 2.24) is 0 Å². The zero-order valence-corrected chi connectivity index (χ0v) is 11.5. The van der Waals surface area contributed by atoms with Gasteiger partial charge in [-0.3, -0.25) is 0 Å². The highest BCUT2D eigenvalue weighted by Crippen LogP contribution is 2.39. The molecule has 0 saturated heterocycles. The largest absolute Gasteiger partial charge is 0.384 e. The van der Waals surface area contributed by atoms with Crippen LogP contribution in [0.3, 0.4) is 0 Å². The number of hydrogen-bond acceptors (Lipinski definition) is 2. The van der Waals surface area contributed by atoms with Gasteiger partial charge in [0.2, 0.25) is 0 Å². The second-order valence-corrected chi connectivity index (χ2v) is 6.31. The zero-order valence-electron chi connectivity index (χ0n) is 9.14. The van der Waals surface area contributed by atoms with Gasteiger partial charge in [-0.05, 0) is 59.1 Å². The molecule has 1 aliphatic heterocycles. The highest BCUT2D eigenvalue weighted by molar-refractivity contribution is 9.10. The summed E-state index contributed by atoms with van der Waals surface area (Å²) in [6, 6.07) is 4.49. The third kappa shape index (κ3) is 2.51. The molecule has 2 rings (SSSR count). The summed E-state index contributed by atoms with van der Waals surface area (Å²) >= 11 is 5.70. The lowest BCUT2D eigenvalue weighted by atomic mass is 10.1. The van der Waals surface area contributed by atoms with Gasteiger partial charge in [0.25, 0.3) is 0 Å². The third-order valence-corrected chi connectivity index (χ3v) is 4.60. The van der Waals surface area contributed by atoms with Crippen LogP contribution in [0.5, 0.6) is 0 Å². The maximum Gasteiger partial charge on any atom is 0.0528 e. The molecule has 82 valence electrons. The number of nitrogens with one attached hydrogen (secondary N) is 1. The lowest BCUT2D eigenvalue weighted by Crippen LogP contribution is -2.10. The van der Waals surface area contributed by atoms with E-state index in [2.05, 4.69) is 59.0 Å². The van der Waals surface area contributed by atoms with Crippen molar-refractivity contribution in [1.29, 1.82) is 0 Å². The van der Waals surface area contributed by atoms with Crippen molar-refractivity contribution in [2.45, 2.75) is 25.5 Å². The summed E-state index contributed by atoms with van der Waals surface area (Å²) in [4.78, 5) is 0. The molecule has 3 heteroatoms. The maximum absolute atomic E-state index is 3.65. The summed E-state index contributed by atoms with van der Waals surface area (Å²) in [6.07, 6.45) is 1.24. The molecule has 1 atom stereocenters. The van der Waals surface area contributed by atoms with Crippen LogP contribution >= 0.6 is 27.7 Å². The topological polar surface area (TPSA) is 12.0 Å². The fraction of sp³-hybridized carbons (Fsp3) is 0.500. The fourth-order valence-electron chi connectivity index (χ4n) is 1.91. The molecule has 1 aliphatic rings. The minimum atomic E-state index is 0.587. The van der Waals surface area contributed by atoms with Crippen LogP contribution in [0.1, 0.15) is 29.7 Å². The number of fused-ring (bicyclic) bond motifs is 1. The van der Waals surface area contributed by atoms with Crippen molar-refractivity contribution in [3.63, 3.8) is 0 Å². The number of rotatable bonds is 0. The molecule has 0 amide bonds. The zero-order chi connectivity index (χ0) is 10.8. The molecular formula is C12H16BrNS. The molecule has 0 aliphatic carbocycles. The monoisotopic (exact) mass is 285 g/mol. The van der Waals surface area contributed by atoms with Gasteiger partial charge in [-0.1, -0.05) is 6.07 Å². The number of benzene rings is 1.